The van der Waals surface area contributed by atoms with E-state index in [1.807, 2.05) is 36.4 Å². The summed E-state index contributed by atoms with van der Waals surface area (Å²) in [6.07, 6.45) is 0. The fourth-order valence-electron chi connectivity index (χ4n) is 7.14. The zero-order valence-corrected chi connectivity index (χ0v) is 25.3. The van der Waals surface area contributed by atoms with E-state index in [9.17, 15) is 14.7 Å². The van der Waals surface area contributed by atoms with Gasteiger partial charge in [-0.3, -0.25) is 15.0 Å². The van der Waals surface area contributed by atoms with Crippen molar-refractivity contribution >= 4 is 11.9 Å². The molecule has 0 aromatic heterocycles. The van der Waals surface area contributed by atoms with E-state index in [2.05, 4.69) is 76.9 Å². The molecule has 0 radical (unpaired) electrons. The first-order valence-electron chi connectivity index (χ1n) is 14.5. The minimum atomic E-state index is -0.871. The molecule has 0 bridgehead atoms. The first-order chi connectivity index (χ1) is 19.3. The van der Waals surface area contributed by atoms with Crippen LogP contribution in [0.15, 0.2) is 54.6 Å². The van der Waals surface area contributed by atoms with Gasteiger partial charge in [0, 0.05) is 30.5 Å². The molecule has 6 heteroatoms. The lowest BCUT2D eigenvalue weighted by molar-refractivity contribution is -0.148. The number of ether oxygens (including phenoxy) is 1. The topological polar surface area (TPSA) is 78.9 Å². The Morgan fingerprint density at radius 3 is 2.29 bits per heavy atom. The van der Waals surface area contributed by atoms with Crippen LogP contribution in [0.5, 0.6) is 0 Å². The summed E-state index contributed by atoms with van der Waals surface area (Å²) in [7, 11) is 0. The van der Waals surface area contributed by atoms with Gasteiger partial charge in [0.15, 0.2) is 0 Å². The van der Waals surface area contributed by atoms with Gasteiger partial charge < -0.3 is 9.84 Å². The van der Waals surface area contributed by atoms with E-state index >= 15 is 0 Å². The Labute approximate surface area is 243 Å². The molecular formula is C35H42N2O4. The fourth-order valence-corrected chi connectivity index (χ4v) is 7.14. The molecule has 3 aromatic carbocycles. The number of nitrogens with one attached hydrogen (secondary N) is 1. The molecule has 6 nitrogen and oxygen atoms in total. The normalized spacial score (nSPS) is 21.0. The number of nitrogens with zero attached hydrogens (tertiary/aromatic N) is 1. The average Bonchev–Trinajstić information content (AvgIpc) is 2.88. The van der Waals surface area contributed by atoms with E-state index in [-0.39, 0.29) is 23.4 Å². The van der Waals surface area contributed by atoms with Crippen LogP contribution in [0.1, 0.15) is 89.8 Å². The lowest BCUT2D eigenvalue weighted by Gasteiger charge is -2.45. The maximum Gasteiger partial charge on any atom is 0.328 e. The molecule has 3 aromatic rings. The largest absolute Gasteiger partial charge is 0.480 e. The van der Waals surface area contributed by atoms with Crippen LogP contribution in [-0.2, 0) is 38.3 Å². The van der Waals surface area contributed by atoms with Crippen molar-refractivity contribution in [1.29, 1.82) is 0 Å². The molecule has 0 fully saturated rings. The van der Waals surface area contributed by atoms with Crippen LogP contribution in [0.3, 0.4) is 0 Å². The van der Waals surface area contributed by atoms with Crippen molar-refractivity contribution in [2.75, 3.05) is 13.1 Å². The number of aliphatic carboxylic acids is 1. The molecule has 0 saturated heterocycles. The van der Waals surface area contributed by atoms with Crippen LogP contribution < -0.4 is 5.32 Å². The lowest BCUT2D eigenvalue weighted by atomic mass is 9.73. The Kier molecular flexibility index (Phi) is 7.60. The highest BCUT2D eigenvalue weighted by Crippen LogP contribution is 2.43. The highest BCUT2D eigenvalue weighted by atomic mass is 16.5. The van der Waals surface area contributed by atoms with E-state index in [1.54, 1.807) is 0 Å². The molecule has 5 rings (SSSR count). The first kappa shape index (κ1) is 29.0. The van der Waals surface area contributed by atoms with E-state index in [4.69, 9.17) is 4.74 Å². The Balaban J connectivity index is 1.43. The molecule has 2 atom stereocenters. The smallest absolute Gasteiger partial charge is 0.328 e. The lowest BCUT2D eigenvalue weighted by Crippen LogP contribution is -2.48. The summed E-state index contributed by atoms with van der Waals surface area (Å²) >= 11 is 0. The van der Waals surface area contributed by atoms with Crippen LogP contribution in [0.25, 0.3) is 0 Å². The third kappa shape index (κ3) is 5.43. The number of carbonyl (C=O) groups is 2. The average molecular weight is 555 g/mol. The number of hydrogen-bond acceptors (Lipinski definition) is 5. The van der Waals surface area contributed by atoms with Crippen LogP contribution >= 0.6 is 0 Å². The van der Waals surface area contributed by atoms with Gasteiger partial charge in [-0.1, -0.05) is 87.9 Å². The summed E-state index contributed by atoms with van der Waals surface area (Å²) in [5, 5.41) is 13.9. The third-order valence-corrected chi connectivity index (χ3v) is 8.91. The Bertz CT molecular complexity index is 1480. The number of rotatable bonds is 6. The van der Waals surface area contributed by atoms with Gasteiger partial charge in [0.25, 0.3) is 0 Å². The van der Waals surface area contributed by atoms with Gasteiger partial charge in [0.1, 0.15) is 18.7 Å². The Morgan fingerprint density at radius 2 is 1.61 bits per heavy atom. The number of benzene rings is 3. The molecule has 0 aliphatic carbocycles. The summed E-state index contributed by atoms with van der Waals surface area (Å²) in [6, 6.07) is 16.8. The van der Waals surface area contributed by atoms with Crippen molar-refractivity contribution in [3.8, 4) is 0 Å². The van der Waals surface area contributed by atoms with Crippen LogP contribution in [0.2, 0.25) is 0 Å². The Morgan fingerprint density at radius 1 is 0.951 bits per heavy atom. The second-order valence-corrected chi connectivity index (χ2v) is 13.2. The van der Waals surface area contributed by atoms with E-state index in [0.717, 1.165) is 27.8 Å². The summed E-state index contributed by atoms with van der Waals surface area (Å²) in [5.41, 5.74) is 9.01. The molecular weight excluding hydrogens is 512 g/mol. The molecule has 0 spiro atoms. The molecule has 2 aliphatic heterocycles. The number of esters is 1. The molecule has 2 aliphatic rings. The molecule has 41 heavy (non-hydrogen) atoms. The number of fused-ring (bicyclic) bond motifs is 2. The second-order valence-electron chi connectivity index (χ2n) is 13.2. The number of aryl methyl sites for hydroxylation is 3. The van der Waals surface area contributed by atoms with E-state index in [0.29, 0.717) is 19.6 Å². The fraction of sp³-hybridized carbons (Fsp3) is 0.429. The molecule has 2 unspecified atom stereocenters. The second kappa shape index (κ2) is 10.7. The minimum Gasteiger partial charge on any atom is -0.480 e. The van der Waals surface area contributed by atoms with Crippen LogP contribution in [-0.4, -0.2) is 35.0 Å². The van der Waals surface area contributed by atoms with E-state index in [1.165, 1.54) is 22.3 Å². The van der Waals surface area contributed by atoms with Crippen LogP contribution in [0.4, 0.5) is 0 Å². The number of carboxylic acids is 1. The van der Waals surface area contributed by atoms with Crippen molar-refractivity contribution < 1.29 is 19.4 Å². The molecule has 0 saturated carbocycles. The van der Waals surface area contributed by atoms with Gasteiger partial charge in [-0.15, -0.1) is 0 Å². The first-order valence-corrected chi connectivity index (χ1v) is 14.5. The summed E-state index contributed by atoms with van der Waals surface area (Å²) in [4.78, 5) is 28.3. The third-order valence-electron chi connectivity index (χ3n) is 8.91. The number of hydrogen-bond donors (Lipinski definition) is 2. The number of carboxylic acid groups (broad SMARTS) is 1. The standard InChI is InChI=1S/C35H42N2O4/c1-21-15-22(2)27(23(3)16-21)17-37-20-35(6,7)29-24(11-10-13-26(29)31(37)32(38)39)18-41-33(40)30-25-12-8-9-14-28(25)34(4,5)19-36-30/h8-16,30-31,36H,17-20H2,1-7H3,(H,38,39). The number of carbonyl (C=O) groups excluding carboxylic acids is 1. The molecule has 216 valence electrons. The van der Waals surface area contributed by atoms with Gasteiger partial charge in [-0.2, -0.15) is 0 Å². The van der Waals surface area contributed by atoms with Crippen molar-refractivity contribution in [2.45, 2.75) is 84.5 Å². The zero-order valence-electron chi connectivity index (χ0n) is 25.3. The van der Waals surface area contributed by atoms with E-state index < -0.39 is 18.1 Å². The van der Waals surface area contributed by atoms with Crippen molar-refractivity contribution in [2.24, 2.45) is 0 Å². The summed E-state index contributed by atoms with van der Waals surface area (Å²) in [5.74, 6) is -1.19. The molecule has 2 heterocycles. The molecule has 2 N–H and O–H groups in total. The Hall–Kier alpha value is -3.48. The SMILES string of the molecule is Cc1cc(C)c(CN2CC(C)(C)c3c(COC(=O)C4NCC(C)(C)c5ccccc54)cccc3C2C(=O)O)c(C)c1. The van der Waals surface area contributed by atoms with Gasteiger partial charge in [0.05, 0.1) is 0 Å². The van der Waals surface area contributed by atoms with Crippen molar-refractivity contribution in [3.05, 3.63) is 105 Å². The van der Waals surface area contributed by atoms with Gasteiger partial charge in [0.2, 0.25) is 0 Å². The predicted octanol–water partition coefficient (Wildman–Crippen LogP) is 6.20. The zero-order chi connectivity index (χ0) is 29.7. The predicted molar refractivity (Wildman–Crippen MR) is 161 cm³/mol. The van der Waals surface area contributed by atoms with Crippen molar-refractivity contribution in [1.82, 2.24) is 10.2 Å². The van der Waals surface area contributed by atoms with Gasteiger partial charge in [-0.05, 0) is 65.3 Å². The summed E-state index contributed by atoms with van der Waals surface area (Å²) < 4.78 is 5.95. The van der Waals surface area contributed by atoms with Gasteiger partial charge >= 0.3 is 11.9 Å². The highest BCUT2D eigenvalue weighted by Gasteiger charge is 2.43. The van der Waals surface area contributed by atoms with Crippen LogP contribution in [0, 0.1) is 20.8 Å². The van der Waals surface area contributed by atoms with Gasteiger partial charge in [-0.25, -0.2) is 4.79 Å². The maximum absolute atomic E-state index is 13.4. The quantitative estimate of drug-likeness (QED) is 0.354. The highest BCUT2D eigenvalue weighted by molar-refractivity contribution is 5.79. The van der Waals surface area contributed by atoms with Crippen molar-refractivity contribution in [3.63, 3.8) is 0 Å². The maximum atomic E-state index is 13.4. The summed E-state index contributed by atoms with van der Waals surface area (Å²) in [6.45, 7) is 16.8. The monoisotopic (exact) mass is 554 g/mol. The minimum absolute atomic E-state index is 0.0801. The molecule has 0 amide bonds.